The van der Waals surface area contributed by atoms with Crippen LogP contribution in [0.4, 0.5) is 0 Å². The monoisotopic (exact) mass is 238 g/mol. The summed E-state index contributed by atoms with van der Waals surface area (Å²) >= 11 is 0. The number of carbonyl (C=O) groups is 1. The fraction of sp³-hybridized carbons (Fsp3) is 0.667. The summed E-state index contributed by atoms with van der Waals surface area (Å²) in [5, 5.41) is 10.2. The van der Waals surface area contributed by atoms with Gasteiger partial charge in [-0.15, -0.1) is 0 Å². The van der Waals surface area contributed by atoms with Crippen LogP contribution in [0.15, 0.2) is 6.07 Å². The highest BCUT2D eigenvalue weighted by Crippen LogP contribution is 2.02. The van der Waals surface area contributed by atoms with E-state index in [4.69, 9.17) is 0 Å². The van der Waals surface area contributed by atoms with Crippen molar-refractivity contribution in [3.05, 3.63) is 17.5 Å². The predicted molar refractivity (Wildman–Crippen MR) is 67.8 cm³/mol. The predicted octanol–water partition coefficient (Wildman–Crippen LogP) is 0.614. The summed E-state index contributed by atoms with van der Waals surface area (Å²) in [6, 6.07) is 1.92. The number of aryl methyl sites for hydroxylation is 3. The van der Waals surface area contributed by atoms with Crippen LogP contribution in [-0.2, 0) is 11.3 Å². The Labute approximate surface area is 103 Å². The van der Waals surface area contributed by atoms with Crippen molar-refractivity contribution >= 4 is 5.91 Å². The molecule has 17 heavy (non-hydrogen) atoms. The fourth-order valence-corrected chi connectivity index (χ4v) is 1.63. The lowest BCUT2D eigenvalue weighted by Gasteiger charge is -2.11. The Hall–Kier alpha value is -1.36. The molecular formula is C12H22N4O. The number of aromatic nitrogens is 2. The van der Waals surface area contributed by atoms with Gasteiger partial charge in [0.2, 0.25) is 5.91 Å². The van der Waals surface area contributed by atoms with E-state index >= 15 is 0 Å². The Morgan fingerprint density at radius 3 is 2.76 bits per heavy atom. The molecule has 1 aromatic heterocycles. The summed E-state index contributed by atoms with van der Waals surface area (Å²) in [6.07, 6.45) is 0.893. The van der Waals surface area contributed by atoms with Crippen LogP contribution in [0.5, 0.6) is 0 Å². The molecule has 0 radical (unpaired) electrons. The Morgan fingerprint density at radius 2 is 2.24 bits per heavy atom. The van der Waals surface area contributed by atoms with Gasteiger partial charge in [-0.1, -0.05) is 0 Å². The largest absolute Gasteiger partial charge is 0.355 e. The molecule has 0 spiro atoms. The van der Waals surface area contributed by atoms with Crippen molar-refractivity contribution in [2.45, 2.75) is 39.8 Å². The third kappa shape index (κ3) is 4.19. The highest BCUT2D eigenvalue weighted by molar-refractivity contribution is 5.81. The Kier molecular flexibility index (Phi) is 5.15. The second-order valence-corrected chi connectivity index (χ2v) is 4.31. The summed E-state index contributed by atoms with van der Waals surface area (Å²) in [6.45, 7) is 7.40. The molecule has 1 unspecified atom stereocenters. The van der Waals surface area contributed by atoms with Gasteiger partial charge >= 0.3 is 0 Å². The molecule has 1 rings (SSSR count). The average molecular weight is 238 g/mol. The van der Waals surface area contributed by atoms with Crippen molar-refractivity contribution in [2.75, 3.05) is 13.6 Å². The number of rotatable bonds is 6. The van der Waals surface area contributed by atoms with Crippen LogP contribution in [0.3, 0.4) is 0 Å². The number of likely N-dealkylation sites (N-methyl/N-ethyl adjacent to an activating group) is 1. The van der Waals surface area contributed by atoms with Crippen molar-refractivity contribution in [1.29, 1.82) is 0 Å². The molecule has 0 aliphatic heterocycles. The summed E-state index contributed by atoms with van der Waals surface area (Å²) in [4.78, 5) is 11.5. The lowest BCUT2D eigenvalue weighted by molar-refractivity contribution is -0.122. The van der Waals surface area contributed by atoms with E-state index in [0.29, 0.717) is 6.54 Å². The van der Waals surface area contributed by atoms with Crippen LogP contribution in [0.25, 0.3) is 0 Å². The number of amides is 1. The van der Waals surface area contributed by atoms with E-state index in [-0.39, 0.29) is 11.9 Å². The second-order valence-electron chi connectivity index (χ2n) is 4.31. The number of hydrogen-bond acceptors (Lipinski definition) is 3. The van der Waals surface area contributed by atoms with Gasteiger partial charge in [0, 0.05) is 18.8 Å². The molecule has 5 heteroatoms. The molecule has 96 valence electrons. The minimum atomic E-state index is -0.135. The smallest absolute Gasteiger partial charge is 0.236 e. The Morgan fingerprint density at radius 1 is 1.53 bits per heavy atom. The van der Waals surface area contributed by atoms with E-state index in [1.54, 1.807) is 7.05 Å². The summed E-state index contributed by atoms with van der Waals surface area (Å²) in [5.74, 6) is 0.0425. The normalized spacial score (nSPS) is 12.5. The van der Waals surface area contributed by atoms with Gasteiger partial charge in [0.25, 0.3) is 0 Å². The molecule has 0 fully saturated rings. The van der Waals surface area contributed by atoms with Gasteiger partial charge in [-0.3, -0.25) is 9.48 Å². The maximum atomic E-state index is 11.5. The van der Waals surface area contributed by atoms with Crippen molar-refractivity contribution in [3.63, 3.8) is 0 Å². The summed E-state index contributed by atoms with van der Waals surface area (Å²) in [7, 11) is 1.78. The molecular weight excluding hydrogens is 216 g/mol. The van der Waals surface area contributed by atoms with E-state index in [9.17, 15) is 4.79 Å². The van der Waals surface area contributed by atoms with E-state index < -0.39 is 0 Å². The number of nitrogens with zero attached hydrogens (tertiary/aromatic N) is 2. The van der Waals surface area contributed by atoms with Crippen LogP contribution in [0, 0.1) is 13.8 Å². The average Bonchev–Trinajstić information content (AvgIpc) is 2.62. The van der Waals surface area contributed by atoms with E-state index in [0.717, 1.165) is 24.4 Å². The standard InChI is InChI=1S/C12H22N4O/c1-9-8-10(2)16(15-9)7-5-6-14-12(17)11(3)13-4/h8,11,13H,5-7H2,1-4H3,(H,14,17). The number of carbonyl (C=O) groups excluding carboxylic acids is 1. The zero-order valence-corrected chi connectivity index (χ0v) is 11.1. The van der Waals surface area contributed by atoms with Crippen LogP contribution >= 0.6 is 0 Å². The quantitative estimate of drug-likeness (QED) is 0.714. The molecule has 0 saturated carbocycles. The molecule has 1 heterocycles. The minimum absolute atomic E-state index is 0.0425. The highest BCUT2D eigenvalue weighted by atomic mass is 16.2. The summed E-state index contributed by atoms with van der Waals surface area (Å²) < 4.78 is 1.98. The molecule has 0 aromatic carbocycles. The highest BCUT2D eigenvalue weighted by Gasteiger charge is 2.08. The Bertz CT molecular complexity index is 373. The SMILES string of the molecule is CNC(C)C(=O)NCCCn1nc(C)cc1C. The topological polar surface area (TPSA) is 59.0 Å². The van der Waals surface area contributed by atoms with Gasteiger partial charge in [0.05, 0.1) is 11.7 Å². The van der Waals surface area contributed by atoms with E-state index in [1.165, 1.54) is 0 Å². The molecule has 1 aromatic rings. The molecule has 1 amide bonds. The molecule has 0 aliphatic carbocycles. The van der Waals surface area contributed by atoms with Gasteiger partial charge < -0.3 is 10.6 Å². The third-order valence-corrected chi connectivity index (χ3v) is 2.78. The lowest BCUT2D eigenvalue weighted by Crippen LogP contribution is -2.40. The van der Waals surface area contributed by atoms with Gasteiger partial charge in [0.1, 0.15) is 0 Å². The molecule has 1 atom stereocenters. The van der Waals surface area contributed by atoms with Gasteiger partial charge in [-0.05, 0) is 40.3 Å². The van der Waals surface area contributed by atoms with E-state index in [2.05, 4.69) is 21.8 Å². The van der Waals surface area contributed by atoms with Gasteiger partial charge in [0.15, 0.2) is 0 Å². The van der Waals surface area contributed by atoms with Gasteiger partial charge in [-0.2, -0.15) is 5.10 Å². The van der Waals surface area contributed by atoms with Crippen LogP contribution in [0.2, 0.25) is 0 Å². The Balaban J connectivity index is 2.25. The van der Waals surface area contributed by atoms with Crippen LogP contribution < -0.4 is 10.6 Å². The third-order valence-electron chi connectivity index (χ3n) is 2.78. The van der Waals surface area contributed by atoms with Gasteiger partial charge in [-0.25, -0.2) is 0 Å². The first-order chi connectivity index (χ1) is 8.04. The minimum Gasteiger partial charge on any atom is -0.355 e. The fourth-order valence-electron chi connectivity index (χ4n) is 1.63. The van der Waals surface area contributed by atoms with Crippen molar-refractivity contribution in [2.24, 2.45) is 0 Å². The first-order valence-corrected chi connectivity index (χ1v) is 6.00. The van der Waals surface area contributed by atoms with Crippen molar-refractivity contribution < 1.29 is 4.79 Å². The first-order valence-electron chi connectivity index (χ1n) is 6.00. The molecule has 0 saturated heterocycles. The summed E-state index contributed by atoms with van der Waals surface area (Å²) in [5.41, 5.74) is 2.20. The molecule has 5 nitrogen and oxygen atoms in total. The first kappa shape index (κ1) is 13.7. The number of hydrogen-bond donors (Lipinski definition) is 2. The maximum absolute atomic E-state index is 11.5. The number of nitrogens with one attached hydrogen (secondary N) is 2. The zero-order valence-electron chi connectivity index (χ0n) is 11.1. The van der Waals surface area contributed by atoms with E-state index in [1.807, 2.05) is 25.5 Å². The lowest BCUT2D eigenvalue weighted by atomic mass is 10.3. The second kappa shape index (κ2) is 6.39. The van der Waals surface area contributed by atoms with Crippen LogP contribution in [0.1, 0.15) is 24.7 Å². The maximum Gasteiger partial charge on any atom is 0.236 e. The van der Waals surface area contributed by atoms with Crippen molar-refractivity contribution in [1.82, 2.24) is 20.4 Å². The van der Waals surface area contributed by atoms with Crippen LogP contribution in [-0.4, -0.2) is 35.3 Å². The van der Waals surface area contributed by atoms with Crippen molar-refractivity contribution in [3.8, 4) is 0 Å². The molecule has 0 bridgehead atoms. The molecule has 0 aliphatic rings. The zero-order chi connectivity index (χ0) is 12.8. The molecule has 2 N–H and O–H groups in total.